The Morgan fingerprint density at radius 3 is 2.56 bits per heavy atom. The molecule has 1 heterocycles. The summed E-state index contributed by atoms with van der Waals surface area (Å²) in [7, 11) is 4.17. The van der Waals surface area contributed by atoms with Gasteiger partial charge in [0.2, 0.25) is 0 Å². The third-order valence-corrected chi connectivity index (χ3v) is 5.43. The number of rotatable bonds is 9. The molecule has 0 unspecified atom stereocenters. The fourth-order valence-corrected chi connectivity index (χ4v) is 4.12. The lowest BCUT2D eigenvalue weighted by molar-refractivity contribution is -0.0498. The molecule has 0 amide bonds. The molecule has 3 aromatic rings. The first-order chi connectivity index (χ1) is 13.0. The Hall–Kier alpha value is -2.05. The smallest absolute Gasteiger partial charge is 0.387 e. The minimum atomic E-state index is -2.78. The van der Waals surface area contributed by atoms with Crippen LogP contribution in [0, 0.1) is 0 Å². The number of fused-ring (bicyclic) bond motifs is 1. The van der Waals surface area contributed by atoms with Crippen LogP contribution in [0.1, 0.15) is 11.1 Å². The number of nitrogens with zero attached hydrogens (tertiary/aromatic N) is 1. The van der Waals surface area contributed by atoms with Crippen molar-refractivity contribution in [3.05, 3.63) is 59.8 Å². The fraction of sp³-hybridized carbons (Fsp3) is 0.333. The lowest BCUT2D eigenvalue weighted by Gasteiger charge is -2.10. The summed E-state index contributed by atoms with van der Waals surface area (Å²) in [5.41, 5.74) is 3.62. The number of benzene rings is 2. The third-order valence-electron chi connectivity index (χ3n) is 4.37. The van der Waals surface area contributed by atoms with Crippen LogP contribution < -0.4 is 4.74 Å². The van der Waals surface area contributed by atoms with Crippen molar-refractivity contribution in [1.29, 1.82) is 0 Å². The van der Waals surface area contributed by atoms with E-state index in [4.69, 9.17) is 0 Å². The minimum absolute atomic E-state index is 0.198. The van der Waals surface area contributed by atoms with Crippen molar-refractivity contribution >= 4 is 22.7 Å². The number of halogens is 2. The highest BCUT2D eigenvalue weighted by Gasteiger charge is 2.10. The average molecular weight is 390 g/mol. The molecule has 1 aromatic heterocycles. The Labute approximate surface area is 162 Å². The Kier molecular flexibility index (Phi) is 6.74. The number of aryl methyl sites for hydroxylation is 1. The van der Waals surface area contributed by atoms with Gasteiger partial charge >= 0.3 is 6.61 Å². The lowest BCUT2D eigenvalue weighted by atomic mass is 10.1. The number of aromatic amines is 1. The van der Waals surface area contributed by atoms with Crippen molar-refractivity contribution < 1.29 is 13.5 Å². The number of hydrogen-bond donors (Lipinski definition) is 1. The van der Waals surface area contributed by atoms with E-state index in [0.29, 0.717) is 0 Å². The zero-order valence-electron chi connectivity index (χ0n) is 15.5. The van der Waals surface area contributed by atoms with E-state index in [1.54, 1.807) is 12.1 Å². The molecule has 0 aliphatic heterocycles. The van der Waals surface area contributed by atoms with Gasteiger partial charge in [0.05, 0.1) is 0 Å². The molecule has 27 heavy (non-hydrogen) atoms. The predicted molar refractivity (Wildman–Crippen MR) is 108 cm³/mol. The van der Waals surface area contributed by atoms with E-state index in [2.05, 4.69) is 53.1 Å². The number of likely N-dealkylation sites (N-methyl/N-ethyl adjacent to an activating group) is 1. The van der Waals surface area contributed by atoms with Crippen LogP contribution in [-0.2, 0) is 12.8 Å². The van der Waals surface area contributed by atoms with Crippen molar-refractivity contribution in [1.82, 2.24) is 9.88 Å². The Morgan fingerprint density at radius 1 is 1.07 bits per heavy atom. The zero-order chi connectivity index (χ0) is 19.2. The molecular formula is C21H24F2N2OS. The van der Waals surface area contributed by atoms with Gasteiger partial charge in [-0.2, -0.15) is 8.78 Å². The summed E-state index contributed by atoms with van der Waals surface area (Å²) in [6, 6.07) is 13.2. The summed E-state index contributed by atoms with van der Waals surface area (Å²) in [6.45, 7) is -1.77. The van der Waals surface area contributed by atoms with Gasteiger partial charge in [0.15, 0.2) is 0 Å². The molecule has 0 aliphatic carbocycles. The number of hydrogen-bond acceptors (Lipinski definition) is 3. The molecule has 0 atom stereocenters. The second-order valence-electron chi connectivity index (χ2n) is 6.67. The third kappa shape index (κ3) is 5.47. The molecule has 3 nitrogen and oxygen atoms in total. The number of aromatic nitrogens is 1. The molecule has 0 radical (unpaired) electrons. The monoisotopic (exact) mass is 390 g/mol. The molecule has 2 aromatic carbocycles. The van der Waals surface area contributed by atoms with E-state index in [1.807, 2.05) is 23.9 Å². The standard InChI is InChI=1S/C21H24F2N2OS/c1-25(2)12-10-16-14-24-18-4-3-5-19(20(16)18)27-13-11-15-6-8-17(9-7-15)26-21(22)23/h3-9,14,21,24H,10-13H2,1-2H3. The highest BCUT2D eigenvalue weighted by atomic mass is 32.2. The Bertz CT molecular complexity index is 862. The summed E-state index contributed by atoms with van der Waals surface area (Å²) in [5, 5.41) is 1.31. The van der Waals surface area contributed by atoms with Gasteiger partial charge in [0.1, 0.15) is 5.75 Å². The quantitative estimate of drug-likeness (QED) is 0.509. The van der Waals surface area contributed by atoms with Gasteiger partial charge < -0.3 is 14.6 Å². The van der Waals surface area contributed by atoms with E-state index in [9.17, 15) is 8.78 Å². The number of thioether (sulfide) groups is 1. The summed E-state index contributed by atoms with van der Waals surface area (Å²) in [5.74, 6) is 1.12. The van der Waals surface area contributed by atoms with Crippen LogP contribution in [0.2, 0.25) is 0 Å². The summed E-state index contributed by atoms with van der Waals surface area (Å²) in [6.07, 6.45) is 3.99. The number of nitrogens with one attached hydrogen (secondary N) is 1. The molecule has 0 fully saturated rings. The second kappa shape index (κ2) is 9.24. The van der Waals surface area contributed by atoms with Crippen LogP contribution in [0.15, 0.2) is 53.6 Å². The van der Waals surface area contributed by atoms with Gasteiger partial charge in [-0.05, 0) is 62.3 Å². The molecular weight excluding hydrogens is 366 g/mol. The number of H-pyrrole nitrogens is 1. The maximum absolute atomic E-state index is 12.2. The van der Waals surface area contributed by atoms with Gasteiger partial charge in [-0.3, -0.25) is 0 Å². The topological polar surface area (TPSA) is 28.3 Å². The van der Waals surface area contributed by atoms with Crippen LogP contribution in [0.3, 0.4) is 0 Å². The molecule has 0 saturated carbocycles. The summed E-state index contributed by atoms with van der Waals surface area (Å²) < 4.78 is 28.8. The van der Waals surface area contributed by atoms with E-state index in [0.717, 1.165) is 30.7 Å². The summed E-state index contributed by atoms with van der Waals surface area (Å²) in [4.78, 5) is 6.84. The second-order valence-corrected chi connectivity index (χ2v) is 7.80. The van der Waals surface area contributed by atoms with Crippen LogP contribution in [0.4, 0.5) is 8.78 Å². The van der Waals surface area contributed by atoms with Crippen LogP contribution in [0.5, 0.6) is 5.75 Å². The highest BCUT2D eigenvalue weighted by molar-refractivity contribution is 7.99. The van der Waals surface area contributed by atoms with Crippen molar-refractivity contribution in [3.8, 4) is 5.75 Å². The van der Waals surface area contributed by atoms with Crippen LogP contribution in [-0.4, -0.2) is 42.9 Å². The maximum Gasteiger partial charge on any atom is 0.387 e. The van der Waals surface area contributed by atoms with E-state index in [1.165, 1.54) is 21.4 Å². The maximum atomic E-state index is 12.2. The minimum Gasteiger partial charge on any atom is -0.435 e. The number of alkyl halides is 2. The zero-order valence-corrected chi connectivity index (χ0v) is 16.4. The van der Waals surface area contributed by atoms with E-state index >= 15 is 0 Å². The first-order valence-corrected chi connectivity index (χ1v) is 9.92. The molecule has 6 heteroatoms. The first-order valence-electron chi connectivity index (χ1n) is 8.93. The van der Waals surface area contributed by atoms with E-state index < -0.39 is 6.61 Å². The Morgan fingerprint density at radius 2 is 1.85 bits per heavy atom. The molecule has 144 valence electrons. The fourth-order valence-electron chi connectivity index (χ4n) is 3.00. The SMILES string of the molecule is CN(C)CCc1c[nH]c2cccc(SCCc3ccc(OC(F)F)cc3)c12. The van der Waals surface area contributed by atoms with Crippen LogP contribution >= 0.6 is 11.8 Å². The predicted octanol–water partition coefficient (Wildman–Crippen LogP) is 5.21. The van der Waals surface area contributed by atoms with Gasteiger partial charge in [-0.15, -0.1) is 11.8 Å². The average Bonchev–Trinajstić information content (AvgIpc) is 3.05. The van der Waals surface area contributed by atoms with E-state index in [-0.39, 0.29) is 5.75 Å². The van der Waals surface area contributed by atoms with Crippen molar-refractivity contribution in [2.24, 2.45) is 0 Å². The molecule has 0 spiro atoms. The lowest BCUT2D eigenvalue weighted by Crippen LogP contribution is -2.14. The summed E-state index contributed by atoms with van der Waals surface area (Å²) >= 11 is 1.83. The van der Waals surface area contributed by atoms with Crippen LogP contribution in [0.25, 0.3) is 10.9 Å². The van der Waals surface area contributed by atoms with Gasteiger partial charge in [-0.25, -0.2) is 0 Å². The van der Waals surface area contributed by atoms with Gasteiger partial charge in [0.25, 0.3) is 0 Å². The number of ether oxygens (including phenoxy) is 1. The van der Waals surface area contributed by atoms with Gasteiger partial charge in [0, 0.05) is 34.3 Å². The van der Waals surface area contributed by atoms with Crippen molar-refractivity contribution in [2.75, 3.05) is 26.4 Å². The Balaban J connectivity index is 1.63. The normalized spacial score (nSPS) is 11.6. The molecule has 0 bridgehead atoms. The van der Waals surface area contributed by atoms with Gasteiger partial charge in [-0.1, -0.05) is 18.2 Å². The van der Waals surface area contributed by atoms with Crippen molar-refractivity contribution in [3.63, 3.8) is 0 Å². The van der Waals surface area contributed by atoms with Crippen molar-refractivity contribution in [2.45, 2.75) is 24.3 Å². The largest absolute Gasteiger partial charge is 0.435 e. The molecule has 0 saturated heterocycles. The molecule has 1 N–H and O–H groups in total. The highest BCUT2D eigenvalue weighted by Crippen LogP contribution is 2.31. The first kappa shape index (κ1) is 19.7. The molecule has 3 rings (SSSR count). The molecule has 0 aliphatic rings.